The Bertz CT molecular complexity index is 305. The van der Waals surface area contributed by atoms with Crippen LogP contribution in [0.15, 0.2) is 24.3 Å². The van der Waals surface area contributed by atoms with Crippen molar-refractivity contribution in [3.8, 4) is 5.75 Å². The summed E-state index contributed by atoms with van der Waals surface area (Å²) in [7, 11) is 0. The highest BCUT2D eigenvalue weighted by Crippen LogP contribution is 2.18. The summed E-state index contributed by atoms with van der Waals surface area (Å²) in [6, 6.07) is 7.20. The highest BCUT2D eigenvalue weighted by molar-refractivity contribution is 6.01. The quantitative estimate of drug-likeness (QED) is 0.528. The molecule has 0 aliphatic carbocycles. The van der Waals surface area contributed by atoms with Crippen molar-refractivity contribution in [3.63, 3.8) is 0 Å². The van der Waals surface area contributed by atoms with Gasteiger partial charge in [0, 0.05) is 6.92 Å². The lowest BCUT2D eigenvalue weighted by Crippen LogP contribution is -2.02. The number of ether oxygens (including phenoxy) is 1. The lowest BCUT2D eigenvalue weighted by molar-refractivity contribution is 0.104. The molecule has 0 unspecified atom stereocenters. The molecule has 0 heterocycles. The molecule has 0 fully saturated rings. The molecule has 1 rings (SSSR count). The predicted octanol–water partition coefficient (Wildman–Crippen LogP) is 2.88. The summed E-state index contributed by atoms with van der Waals surface area (Å²) < 4.78 is 5.48. The second-order valence-electron chi connectivity index (χ2n) is 3.12. The van der Waals surface area contributed by atoms with Gasteiger partial charge in [-0.25, -0.2) is 0 Å². The first-order valence-electron chi connectivity index (χ1n) is 4.83. The van der Waals surface area contributed by atoms with Crippen molar-refractivity contribution in [3.05, 3.63) is 36.8 Å². The van der Waals surface area contributed by atoms with Gasteiger partial charge in [0.25, 0.3) is 0 Å². The summed E-state index contributed by atoms with van der Waals surface area (Å²) >= 11 is 0. The number of rotatable bonds is 5. The van der Waals surface area contributed by atoms with E-state index < -0.39 is 0 Å². The third-order valence-electron chi connectivity index (χ3n) is 1.94. The molecule has 75 valence electrons. The number of hydrogen-bond donors (Lipinski definition) is 0. The standard InChI is InChI=1S/C12H15O2/c1-3-4-9-14-12-8-6-5-7-11(12)10(2)13/h5-8H,2-4,9H2,1H3. The molecule has 0 aliphatic rings. The van der Waals surface area contributed by atoms with E-state index in [4.69, 9.17) is 4.74 Å². The van der Waals surface area contributed by atoms with Crippen LogP contribution in [-0.4, -0.2) is 12.4 Å². The van der Waals surface area contributed by atoms with Crippen LogP contribution in [0, 0.1) is 6.92 Å². The molecule has 2 heteroatoms. The molecule has 0 atom stereocenters. The van der Waals surface area contributed by atoms with E-state index in [1.165, 1.54) is 0 Å². The van der Waals surface area contributed by atoms with E-state index in [9.17, 15) is 4.79 Å². The number of Topliss-reactive ketones (excluding diaryl/α,β-unsaturated/α-hetero) is 1. The van der Waals surface area contributed by atoms with Gasteiger partial charge in [0.05, 0.1) is 12.2 Å². The monoisotopic (exact) mass is 191 g/mol. The van der Waals surface area contributed by atoms with Crippen molar-refractivity contribution in [2.75, 3.05) is 6.61 Å². The SMILES string of the molecule is [CH2]C(=O)c1ccccc1OCCCC. The van der Waals surface area contributed by atoms with Gasteiger partial charge in [0.1, 0.15) is 5.75 Å². The fourth-order valence-electron chi connectivity index (χ4n) is 1.15. The maximum Gasteiger partial charge on any atom is 0.167 e. The van der Waals surface area contributed by atoms with Gasteiger partial charge in [-0.3, -0.25) is 4.79 Å². The van der Waals surface area contributed by atoms with Crippen LogP contribution < -0.4 is 4.74 Å². The zero-order chi connectivity index (χ0) is 10.4. The molecule has 0 saturated carbocycles. The Labute approximate surface area is 84.9 Å². The zero-order valence-electron chi connectivity index (χ0n) is 8.45. The van der Waals surface area contributed by atoms with Gasteiger partial charge in [-0.15, -0.1) is 0 Å². The smallest absolute Gasteiger partial charge is 0.167 e. The van der Waals surface area contributed by atoms with E-state index in [2.05, 4.69) is 13.8 Å². The minimum absolute atomic E-state index is 0.197. The zero-order valence-corrected chi connectivity index (χ0v) is 8.45. The van der Waals surface area contributed by atoms with Crippen LogP contribution in [0.2, 0.25) is 0 Å². The minimum atomic E-state index is -0.197. The first-order chi connectivity index (χ1) is 6.75. The molecule has 0 aromatic heterocycles. The molecule has 0 aliphatic heterocycles. The molecule has 1 aromatic carbocycles. The van der Waals surface area contributed by atoms with Crippen LogP contribution in [0.5, 0.6) is 5.75 Å². The topological polar surface area (TPSA) is 26.3 Å². The Kier molecular flexibility index (Phi) is 4.17. The maximum absolute atomic E-state index is 11.1. The molecule has 2 nitrogen and oxygen atoms in total. The number of para-hydroxylation sites is 1. The maximum atomic E-state index is 11.1. The summed E-state index contributed by atoms with van der Waals surface area (Å²) in [4.78, 5) is 11.1. The molecule has 14 heavy (non-hydrogen) atoms. The fraction of sp³-hybridized carbons (Fsp3) is 0.333. The van der Waals surface area contributed by atoms with Gasteiger partial charge in [0.2, 0.25) is 0 Å². The third kappa shape index (κ3) is 2.87. The fourth-order valence-corrected chi connectivity index (χ4v) is 1.15. The van der Waals surface area contributed by atoms with E-state index in [0.29, 0.717) is 17.9 Å². The van der Waals surface area contributed by atoms with Crippen molar-refractivity contribution in [2.45, 2.75) is 19.8 Å². The number of carbonyl (C=O) groups is 1. The number of benzene rings is 1. The van der Waals surface area contributed by atoms with Gasteiger partial charge in [0.15, 0.2) is 5.78 Å². The van der Waals surface area contributed by atoms with Crippen molar-refractivity contribution in [2.24, 2.45) is 0 Å². The Hall–Kier alpha value is -1.31. The Balaban J connectivity index is 2.69. The van der Waals surface area contributed by atoms with Crippen LogP contribution in [0.3, 0.4) is 0 Å². The average Bonchev–Trinajstić information content (AvgIpc) is 2.19. The summed E-state index contributed by atoms with van der Waals surface area (Å²) in [5, 5.41) is 0. The van der Waals surface area contributed by atoms with Gasteiger partial charge in [-0.1, -0.05) is 25.5 Å². The highest BCUT2D eigenvalue weighted by atomic mass is 16.5. The molecular formula is C12H15O2. The second-order valence-corrected chi connectivity index (χ2v) is 3.12. The first-order valence-corrected chi connectivity index (χ1v) is 4.83. The molecular weight excluding hydrogens is 176 g/mol. The summed E-state index contributed by atoms with van der Waals surface area (Å²) in [6.45, 7) is 6.13. The van der Waals surface area contributed by atoms with Crippen LogP contribution in [-0.2, 0) is 0 Å². The molecule has 0 bridgehead atoms. The van der Waals surface area contributed by atoms with Crippen LogP contribution in [0.4, 0.5) is 0 Å². The van der Waals surface area contributed by atoms with Crippen molar-refractivity contribution >= 4 is 5.78 Å². The average molecular weight is 191 g/mol. The van der Waals surface area contributed by atoms with Crippen molar-refractivity contribution < 1.29 is 9.53 Å². The molecule has 0 N–H and O–H groups in total. The van der Waals surface area contributed by atoms with Crippen LogP contribution in [0.1, 0.15) is 30.1 Å². The summed E-state index contributed by atoms with van der Waals surface area (Å²) in [5.41, 5.74) is 0.559. The Morgan fingerprint density at radius 3 is 2.79 bits per heavy atom. The second kappa shape index (κ2) is 5.43. The van der Waals surface area contributed by atoms with Crippen LogP contribution >= 0.6 is 0 Å². The predicted molar refractivity (Wildman–Crippen MR) is 56.5 cm³/mol. The van der Waals surface area contributed by atoms with Crippen LogP contribution in [0.25, 0.3) is 0 Å². The van der Waals surface area contributed by atoms with E-state index in [1.807, 2.05) is 12.1 Å². The number of ketones is 1. The molecule has 0 amide bonds. The van der Waals surface area contributed by atoms with Gasteiger partial charge in [-0.05, 0) is 18.6 Å². The third-order valence-corrected chi connectivity index (χ3v) is 1.94. The molecule has 1 aromatic rings. The Morgan fingerprint density at radius 1 is 1.43 bits per heavy atom. The number of unbranched alkanes of at least 4 members (excludes halogenated alkanes) is 1. The minimum Gasteiger partial charge on any atom is -0.493 e. The van der Waals surface area contributed by atoms with E-state index in [0.717, 1.165) is 12.8 Å². The first kappa shape index (κ1) is 10.8. The van der Waals surface area contributed by atoms with Gasteiger partial charge >= 0.3 is 0 Å². The highest BCUT2D eigenvalue weighted by Gasteiger charge is 2.06. The van der Waals surface area contributed by atoms with Gasteiger partial charge < -0.3 is 4.74 Å². The van der Waals surface area contributed by atoms with E-state index >= 15 is 0 Å². The normalized spacial score (nSPS) is 9.86. The Morgan fingerprint density at radius 2 is 2.14 bits per heavy atom. The molecule has 1 radical (unpaired) electrons. The lowest BCUT2D eigenvalue weighted by atomic mass is 10.1. The largest absolute Gasteiger partial charge is 0.493 e. The van der Waals surface area contributed by atoms with Crippen molar-refractivity contribution in [1.82, 2.24) is 0 Å². The lowest BCUT2D eigenvalue weighted by Gasteiger charge is -2.08. The number of carbonyl (C=O) groups excluding carboxylic acids is 1. The van der Waals surface area contributed by atoms with E-state index in [-0.39, 0.29) is 5.78 Å². The summed E-state index contributed by atoms with van der Waals surface area (Å²) in [5.74, 6) is 0.443. The van der Waals surface area contributed by atoms with Crippen molar-refractivity contribution in [1.29, 1.82) is 0 Å². The number of hydrogen-bond acceptors (Lipinski definition) is 2. The van der Waals surface area contributed by atoms with Gasteiger partial charge in [-0.2, -0.15) is 0 Å². The molecule has 0 spiro atoms. The van der Waals surface area contributed by atoms with E-state index in [1.54, 1.807) is 12.1 Å². The summed E-state index contributed by atoms with van der Waals surface area (Å²) in [6.07, 6.45) is 2.08. The molecule has 0 saturated heterocycles.